The minimum Gasteiger partial charge on any atom is -0.470 e. The van der Waals surface area contributed by atoms with Crippen molar-refractivity contribution in [3.05, 3.63) is 29.8 Å². The zero-order chi connectivity index (χ0) is 12.6. The Morgan fingerprint density at radius 2 is 1.94 bits per heavy atom. The summed E-state index contributed by atoms with van der Waals surface area (Å²) in [5.41, 5.74) is -0.196. The Bertz CT molecular complexity index is 471. The van der Waals surface area contributed by atoms with Crippen LogP contribution in [0.3, 0.4) is 0 Å². The highest BCUT2D eigenvalue weighted by Crippen LogP contribution is 2.29. The summed E-state index contributed by atoms with van der Waals surface area (Å²) in [6.07, 6.45) is -1.16. The van der Waals surface area contributed by atoms with Crippen molar-refractivity contribution < 1.29 is 19.1 Å². The zero-order valence-corrected chi connectivity index (χ0v) is 10.0. The molecular formula is C13H14O4. The van der Waals surface area contributed by atoms with Crippen LogP contribution in [0.1, 0.15) is 31.1 Å². The second-order valence-electron chi connectivity index (χ2n) is 4.89. The van der Waals surface area contributed by atoms with Gasteiger partial charge in [0.1, 0.15) is 11.4 Å². The number of esters is 1. The molecular weight excluding hydrogens is 220 g/mol. The van der Waals surface area contributed by atoms with Gasteiger partial charge < -0.3 is 9.47 Å². The number of benzene rings is 1. The van der Waals surface area contributed by atoms with E-state index in [1.54, 1.807) is 45.0 Å². The number of ether oxygens (including phenoxy) is 2. The zero-order valence-electron chi connectivity index (χ0n) is 10.0. The Kier molecular flexibility index (Phi) is 2.65. The maximum Gasteiger partial charge on any atom is 0.356 e. The van der Waals surface area contributed by atoms with Crippen molar-refractivity contribution in [3.63, 3.8) is 0 Å². The van der Waals surface area contributed by atoms with Crippen LogP contribution in [-0.2, 0) is 9.53 Å². The quantitative estimate of drug-likeness (QED) is 0.550. The molecule has 0 N–H and O–H groups in total. The van der Waals surface area contributed by atoms with Gasteiger partial charge in [-0.3, -0.25) is 4.79 Å². The first-order valence-corrected chi connectivity index (χ1v) is 5.41. The molecule has 0 aromatic heterocycles. The van der Waals surface area contributed by atoms with E-state index < -0.39 is 17.7 Å². The van der Waals surface area contributed by atoms with Gasteiger partial charge in [0.2, 0.25) is 5.78 Å². The molecule has 0 radical (unpaired) electrons. The summed E-state index contributed by atoms with van der Waals surface area (Å²) in [6, 6.07) is 6.79. The van der Waals surface area contributed by atoms with Gasteiger partial charge in [-0.15, -0.1) is 0 Å². The lowest BCUT2D eigenvalue weighted by Gasteiger charge is -2.21. The number of Topliss-reactive ketones (excluding diaryl/α,β-unsaturated/α-hetero) is 1. The molecule has 1 aromatic rings. The molecule has 0 fully saturated rings. The van der Waals surface area contributed by atoms with Crippen molar-refractivity contribution in [1.29, 1.82) is 0 Å². The van der Waals surface area contributed by atoms with Gasteiger partial charge in [-0.1, -0.05) is 12.1 Å². The standard InChI is InChI=1S/C13H14O4/c1-13(2,3)17-12(15)11-10(14)8-6-4-5-7-9(8)16-11/h4-7,11H,1-3H3. The predicted molar refractivity (Wildman–Crippen MR) is 61.0 cm³/mol. The van der Waals surface area contributed by atoms with Crippen molar-refractivity contribution >= 4 is 11.8 Å². The van der Waals surface area contributed by atoms with E-state index in [0.717, 1.165) is 0 Å². The molecule has 1 aromatic carbocycles. The molecule has 2 rings (SSSR count). The minimum absolute atomic E-state index is 0.338. The number of carbonyl (C=O) groups is 2. The third kappa shape index (κ3) is 2.30. The van der Waals surface area contributed by atoms with Gasteiger partial charge in [0.25, 0.3) is 6.10 Å². The van der Waals surface area contributed by atoms with Crippen LogP contribution in [0, 0.1) is 0 Å². The minimum atomic E-state index is -1.16. The number of hydrogen-bond acceptors (Lipinski definition) is 4. The monoisotopic (exact) mass is 234 g/mol. The molecule has 0 aliphatic carbocycles. The first-order chi connectivity index (χ1) is 7.88. The molecule has 0 bridgehead atoms. The molecule has 4 heteroatoms. The molecule has 0 spiro atoms. The van der Waals surface area contributed by atoms with E-state index in [4.69, 9.17) is 9.47 Å². The highest BCUT2D eigenvalue weighted by molar-refractivity contribution is 6.15. The highest BCUT2D eigenvalue weighted by atomic mass is 16.6. The van der Waals surface area contributed by atoms with Gasteiger partial charge in [-0.05, 0) is 32.9 Å². The van der Waals surface area contributed by atoms with E-state index in [-0.39, 0.29) is 5.78 Å². The maximum atomic E-state index is 11.9. The normalized spacial score (nSPS) is 18.5. The highest BCUT2D eigenvalue weighted by Gasteiger charge is 2.40. The molecule has 4 nitrogen and oxygen atoms in total. The van der Waals surface area contributed by atoms with Crippen molar-refractivity contribution in [2.24, 2.45) is 0 Å². The Hall–Kier alpha value is -1.84. The van der Waals surface area contributed by atoms with Crippen LogP contribution < -0.4 is 4.74 Å². The van der Waals surface area contributed by atoms with Crippen molar-refractivity contribution in [2.75, 3.05) is 0 Å². The first-order valence-electron chi connectivity index (χ1n) is 5.41. The molecule has 0 saturated carbocycles. The number of hydrogen-bond donors (Lipinski definition) is 0. The maximum absolute atomic E-state index is 11.9. The topological polar surface area (TPSA) is 52.6 Å². The van der Waals surface area contributed by atoms with Crippen LogP contribution in [0.25, 0.3) is 0 Å². The van der Waals surface area contributed by atoms with Crippen LogP contribution in [0.4, 0.5) is 0 Å². The number of fused-ring (bicyclic) bond motifs is 1. The summed E-state index contributed by atoms with van der Waals surface area (Å²) in [6.45, 7) is 5.24. The van der Waals surface area contributed by atoms with E-state index >= 15 is 0 Å². The summed E-state index contributed by atoms with van der Waals surface area (Å²) in [4.78, 5) is 23.7. The lowest BCUT2D eigenvalue weighted by Crippen LogP contribution is -2.37. The Labute approximate surface area is 99.5 Å². The Balaban J connectivity index is 2.18. The Morgan fingerprint density at radius 3 is 2.53 bits per heavy atom. The predicted octanol–water partition coefficient (Wildman–Crippen LogP) is 1.97. The van der Waals surface area contributed by atoms with Gasteiger partial charge in [0.05, 0.1) is 5.56 Å². The van der Waals surface area contributed by atoms with Gasteiger partial charge in [-0.2, -0.15) is 0 Å². The SMILES string of the molecule is CC(C)(C)OC(=O)C1Oc2ccccc2C1=O. The van der Waals surface area contributed by atoms with Gasteiger partial charge in [-0.25, -0.2) is 4.79 Å². The lowest BCUT2D eigenvalue weighted by molar-refractivity contribution is -0.160. The van der Waals surface area contributed by atoms with E-state index in [0.29, 0.717) is 11.3 Å². The van der Waals surface area contributed by atoms with E-state index in [2.05, 4.69) is 0 Å². The fourth-order valence-electron chi connectivity index (χ4n) is 1.61. The van der Waals surface area contributed by atoms with Crippen LogP contribution in [0.2, 0.25) is 0 Å². The number of ketones is 1. The molecule has 90 valence electrons. The number of carbonyl (C=O) groups excluding carboxylic acids is 2. The summed E-state index contributed by atoms with van der Waals surface area (Å²) >= 11 is 0. The molecule has 1 unspecified atom stereocenters. The third-order valence-corrected chi connectivity index (χ3v) is 2.26. The van der Waals surface area contributed by atoms with Crippen LogP contribution in [0.15, 0.2) is 24.3 Å². The van der Waals surface area contributed by atoms with Gasteiger partial charge in [0, 0.05) is 0 Å². The van der Waals surface area contributed by atoms with Crippen LogP contribution >= 0.6 is 0 Å². The van der Waals surface area contributed by atoms with Crippen molar-refractivity contribution in [1.82, 2.24) is 0 Å². The second kappa shape index (κ2) is 3.87. The molecule has 17 heavy (non-hydrogen) atoms. The molecule has 1 heterocycles. The second-order valence-corrected chi connectivity index (χ2v) is 4.89. The van der Waals surface area contributed by atoms with Gasteiger partial charge in [0.15, 0.2) is 0 Å². The van der Waals surface area contributed by atoms with E-state index in [1.807, 2.05) is 0 Å². The first kappa shape index (κ1) is 11.6. The summed E-state index contributed by atoms with van der Waals surface area (Å²) in [5, 5.41) is 0. The summed E-state index contributed by atoms with van der Waals surface area (Å²) in [7, 11) is 0. The van der Waals surface area contributed by atoms with Crippen LogP contribution in [0.5, 0.6) is 5.75 Å². The third-order valence-electron chi connectivity index (χ3n) is 2.26. The molecule has 0 amide bonds. The lowest BCUT2D eigenvalue weighted by atomic mass is 10.1. The fourth-order valence-corrected chi connectivity index (χ4v) is 1.61. The molecule has 1 aliphatic rings. The molecule has 0 saturated heterocycles. The van der Waals surface area contributed by atoms with Crippen molar-refractivity contribution in [3.8, 4) is 5.75 Å². The fraction of sp³-hybridized carbons (Fsp3) is 0.385. The summed E-state index contributed by atoms with van der Waals surface area (Å²) < 4.78 is 10.4. The van der Waals surface area contributed by atoms with Crippen LogP contribution in [-0.4, -0.2) is 23.5 Å². The average Bonchev–Trinajstić information content (AvgIpc) is 2.55. The van der Waals surface area contributed by atoms with Gasteiger partial charge >= 0.3 is 5.97 Å². The molecule has 1 atom stereocenters. The molecule has 1 aliphatic heterocycles. The van der Waals surface area contributed by atoms with E-state index in [9.17, 15) is 9.59 Å². The average molecular weight is 234 g/mol. The Morgan fingerprint density at radius 1 is 1.29 bits per heavy atom. The van der Waals surface area contributed by atoms with Crippen molar-refractivity contribution in [2.45, 2.75) is 32.5 Å². The largest absolute Gasteiger partial charge is 0.470 e. The smallest absolute Gasteiger partial charge is 0.356 e. The number of rotatable bonds is 1. The number of para-hydroxylation sites is 1. The van der Waals surface area contributed by atoms with E-state index in [1.165, 1.54) is 0 Å². The summed E-state index contributed by atoms with van der Waals surface area (Å²) in [5.74, 6) is -0.540.